The molecular formula is C15H18ClN5O. The van der Waals surface area contributed by atoms with Crippen molar-refractivity contribution < 1.29 is 4.79 Å². The fourth-order valence-corrected chi connectivity index (χ4v) is 2.86. The maximum atomic E-state index is 12.2. The Morgan fingerprint density at radius 1 is 1.23 bits per heavy atom. The topological polar surface area (TPSA) is 65.1 Å². The van der Waals surface area contributed by atoms with E-state index < -0.39 is 0 Å². The Kier molecular flexibility index (Phi) is 4.40. The molecule has 1 saturated heterocycles. The second-order valence-electron chi connectivity index (χ2n) is 5.41. The molecule has 22 heavy (non-hydrogen) atoms. The van der Waals surface area contributed by atoms with E-state index in [9.17, 15) is 4.79 Å². The summed E-state index contributed by atoms with van der Waals surface area (Å²) < 4.78 is 0. The van der Waals surface area contributed by atoms with Crippen molar-refractivity contribution in [1.29, 1.82) is 0 Å². The predicted octanol–water partition coefficient (Wildman–Crippen LogP) is 1.98. The summed E-state index contributed by atoms with van der Waals surface area (Å²) in [6.07, 6.45) is 1.46. The number of piperazine rings is 1. The molecule has 1 atom stereocenters. The number of nitrogens with zero attached hydrogens (tertiary/aromatic N) is 4. The van der Waals surface area contributed by atoms with Gasteiger partial charge in [-0.25, -0.2) is 0 Å². The molecular weight excluding hydrogens is 302 g/mol. The quantitative estimate of drug-likeness (QED) is 0.939. The molecule has 0 saturated carbocycles. The molecule has 0 spiro atoms. The maximum absolute atomic E-state index is 12.2. The molecule has 1 aliphatic rings. The summed E-state index contributed by atoms with van der Waals surface area (Å²) in [6, 6.07) is 8.25. The van der Waals surface area contributed by atoms with E-state index in [-0.39, 0.29) is 5.91 Å². The van der Waals surface area contributed by atoms with E-state index in [1.807, 2.05) is 17.0 Å². The Bertz CT molecular complexity index is 620. The molecule has 2 aromatic rings. The first kappa shape index (κ1) is 15.0. The van der Waals surface area contributed by atoms with E-state index in [4.69, 9.17) is 11.6 Å². The zero-order chi connectivity index (χ0) is 15.5. The molecule has 0 aliphatic carbocycles. The Labute approximate surface area is 134 Å². The molecule has 2 heterocycles. The molecule has 1 N–H and O–H groups in total. The van der Waals surface area contributed by atoms with E-state index in [2.05, 4.69) is 39.4 Å². The first-order valence-electron chi connectivity index (χ1n) is 7.29. The average Bonchev–Trinajstić information content (AvgIpc) is 3.09. The lowest BCUT2D eigenvalue weighted by Gasteiger charge is -2.38. The molecule has 7 heteroatoms. The molecule has 1 aromatic carbocycles. The number of carbonyl (C=O) groups is 1. The van der Waals surface area contributed by atoms with Crippen molar-refractivity contribution in [3.8, 4) is 0 Å². The van der Waals surface area contributed by atoms with Crippen molar-refractivity contribution >= 4 is 17.5 Å². The molecule has 0 bridgehead atoms. The fourth-order valence-electron chi connectivity index (χ4n) is 2.73. The number of aromatic amines is 1. The van der Waals surface area contributed by atoms with Crippen molar-refractivity contribution in [3.05, 3.63) is 46.7 Å². The molecule has 6 nitrogen and oxygen atoms in total. The maximum Gasteiger partial charge on any atom is 0.276 e. The van der Waals surface area contributed by atoms with E-state index in [0.717, 1.165) is 18.1 Å². The minimum Gasteiger partial charge on any atom is -0.335 e. The number of hydrogen-bond acceptors (Lipinski definition) is 4. The molecule has 116 valence electrons. The number of nitrogens with one attached hydrogen (secondary N) is 1. The number of carbonyl (C=O) groups excluding carboxylic acids is 1. The summed E-state index contributed by atoms with van der Waals surface area (Å²) >= 11 is 5.93. The van der Waals surface area contributed by atoms with Gasteiger partial charge in [0.2, 0.25) is 0 Å². The molecule has 1 fully saturated rings. The number of halogens is 1. The average molecular weight is 320 g/mol. The minimum absolute atomic E-state index is 0.0625. The SMILES string of the molecule is C[C@H](c1ccc(Cl)cc1)N1CCN(C(=O)c2cn[nH]n2)CC1. The van der Waals surface area contributed by atoms with Crippen molar-refractivity contribution in [2.75, 3.05) is 26.2 Å². The first-order valence-corrected chi connectivity index (χ1v) is 7.67. The Hall–Kier alpha value is -1.92. The van der Waals surface area contributed by atoms with Gasteiger partial charge >= 0.3 is 0 Å². The lowest BCUT2D eigenvalue weighted by atomic mass is 10.1. The second kappa shape index (κ2) is 6.46. The zero-order valence-electron chi connectivity index (χ0n) is 12.4. The van der Waals surface area contributed by atoms with Crippen LogP contribution in [-0.4, -0.2) is 57.3 Å². The van der Waals surface area contributed by atoms with Gasteiger partial charge in [-0.15, -0.1) is 0 Å². The molecule has 0 radical (unpaired) electrons. The Morgan fingerprint density at radius 2 is 1.91 bits per heavy atom. The van der Waals surface area contributed by atoms with Crippen LogP contribution in [0.15, 0.2) is 30.5 Å². The second-order valence-corrected chi connectivity index (χ2v) is 5.85. The van der Waals surface area contributed by atoms with Crippen LogP contribution in [0.25, 0.3) is 0 Å². The first-order chi connectivity index (χ1) is 10.6. The zero-order valence-corrected chi connectivity index (χ0v) is 13.1. The van der Waals surface area contributed by atoms with Gasteiger partial charge in [-0.3, -0.25) is 9.69 Å². The largest absolute Gasteiger partial charge is 0.335 e. The Balaban J connectivity index is 1.59. The highest BCUT2D eigenvalue weighted by molar-refractivity contribution is 6.30. The fraction of sp³-hybridized carbons (Fsp3) is 0.400. The third kappa shape index (κ3) is 3.13. The number of benzene rings is 1. The normalized spacial score (nSPS) is 17.5. The molecule has 1 aromatic heterocycles. The third-order valence-electron chi connectivity index (χ3n) is 4.14. The minimum atomic E-state index is -0.0625. The van der Waals surface area contributed by atoms with E-state index >= 15 is 0 Å². The number of amides is 1. The van der Waals surface area contributed by atoms with Crippen LogP contribution in [-0.2, 0) is 0 Å². The smallest absolute Gasteiger partial charge is 0.276 e. The number of aromatic nitrogens is 3. The summed E-state index contributed by atoms with van der Waals surface area (Å²) in [5.41, 5.74) is 1.61. The van der Waals surface area contributed by atoms with Gasteiger partial charge in [0.25, 0.3) is 5.91 Å². The highest BCUT2D eigenvalue weighted by Gasteiger charge is 2.26. The summed E-state index contributed by atoms with van der Waals surface area (Å²) in [4.78, 5) is 16.4. The van der Waals surface area contributed by atoms with Crippen LogP contribution in [0.3, 0.4) is 0 Å². The van der Waals surface area contributed by atoms with E-state index in [0.29, 0.717) is 24.8 Å². The summed E-state index contributed by atoms with van der Waals surface area (Å²) in [7, 11) is 0. The Morgan fingerprint density at radius 3 is 2.50 bits per heavy atom. The highest BCUT2D eigenvalue weighted by Crippen LogP contribution is 2.23. The summed E-state index contributed by atoms with van der Waals surface area (Å²) in [5.74, 6) is -0.0625. The number of rotatable bonds is 3. The number of H-pyrrole nitrogens is 1. The summed E-state index contributed by atoms with van der Waals surface area (Å²) in [6.45, 7) is 5.26. The van der Waals surface area contributed by atoms with Crippen LogP contribution >= 0.6 is 11.6 Å². The van der Waals surface area contributed by atoms with Gasteiger partial charge in [0.15, 0.2) is 5.69 Å². The van der Waals surface area contributed by atoms with Crippen LogP contribution in [0.2, 0.25) is 5.02 Å². The van der Waals surface area contributed by atoms with Gasteiger partial charge < -0.3 is 4.90 Å². The molecule has 1 amide bonds. The van der Waals surface area contributed by atoms with Crippen molar-refractivity contribution in [3.63, 3.8) is 0 Å². The van der Waals surface area contributed by atoms with E-state index in [1.54, 1.807) is 0 Å². The predicted molar refractivity (Wildman–Crippen MR) is 83.7 cm³/mol. The number of hydrogen-bond donors (Lipinski definition) is 1. The molecule has 0 unspecified atom stereocenters. The van der Waals surface area contributed by atoms with Gasteiger partial charge in [0.1, 0.15) is 0 Å². The molecule has 1 aliphatic heterocycles. The summed E-state index contributed by atoms with van der Waals surface area (Å²) in [5, 5.41) is 10.8. The van der Waals surface area contributed by atoms with Gasteiger partial charge in [-0.1, -0.05) is 23.7 Å². The highest BCUT2D eigenvalue weighted by atomic mass is 35.5. The molecule has 3 rings (SSSR count). The van der Waals surface area contributed by atoms with E-state index in [1.165, 1.54) is 11.8 Å². The lowest BCUT2D eigenvalue weighted by Crippen LogP contribution is -2.49. The van der Waals surface area contributed by atoms with Crippen molar-refractivity contribution in [1.82, 2.24) is 25.2 Å². The van der Waals surface area contributed by atoms with Gasteiger partial charge in [-0.05, 0) is 24.6 Å². The van der Waals surface area contributed by atoms with Crippen molar-refractivity contribution in [2.45, 2.75) is 13.0 Å². The third-order valence-corrected chi connectivity index (χ3v) is 4.39. The standard InChI is InChI=1S/C15H18ClN5O/c1-11(12-2-4-13(16)5-3-12)20-6-8-21(9-7-20)15(22)14-10-17-19-18-14/h2-5,10-11H,6-9H2,1H3,(H,17,18,19)/t11-/m1/s1. The van der Waals surface area contributed by atoms with Gasteiger partial charge in [0, 0.05) is 37.2 Å². The van der Waals surface area contributed by atoms with Crippen LogP contribution in [0.5, 0.6) is 0 Å². The van der Waals surface area contributed by atoms with Crippen LogP contribution in [0.4, 0.5) is 0 Å². The van der Waals surface area contributed by atoms with Crippen LogP contribution < -0.4 is 0 Å². The van der Waals surface area contributed by atoms with Crippen LogP contribution in [0, 0.1) is 0 Å². The lowest BCUT2D eigenvalue weighted by molar-refractivity contribution is 0.0576. The van der Waals surface area contributed by atoms with Crippen LogP contribution in [0.1, 0.15) is 29.0 Å². The van der Waals surface area contributed by atoms with Gasteiger partial charge in [0.05, 0.1) is 6.20 Å². The van der Waals surface area contributed by atoms with Gasteiger partial charge in [-0.2, -0.15) is 15.4 Å². The van der Waals surface area contributed by atoms with Crippen molar-refractivity contribution in [2.24, 2.45) is 0 Å². The monoisotopic (exact) mass is 319 g/mol.